The standard InChI is InChI=1S/C15H23NO4S/c1-11(2)8-9-20-14-7-5-6-13(10-14)16-15(17)12(3)21(4,18)19/h5-7,10-12H,8-9H2,1-4H3,(H,16,17)/t12-/m1/s1. The molecule has 1 N–H and O–H groups in total. The zero-order valence-electron chi connectivity index (χ0n) is 12.9. The Morgan fingerprint density at radius 1 is 1.29 bits per heavy atom. The summed E-state index contributed by atoms with van der Waals surface area (Å²) in [5.74, 6) is 0.667. The first-order valence-electron chi connectivity index (χ1n) is 6.92. The average Bonchev–Trinajstić information content (AvgIpc) is 2.36. The number of hydrogen-bond acceptors (Lipinski definition) is 4. The maximum Gasteiger partial charge on any atom is 0.242 e. The molecule has 21 heavy (non-hydrogen) atoms. The smallest absolute Gasteiger partial charge is 0.242 e. The first kappa shape index (κ1) is 17.5. The van der Waals surface area contributed by atoms with E-state index < -0.39 is 21.0 Å². The molecular formula is C15H23NO4S. The third-order valence-corrected chi connectivity index (χ3v) is 4.58. The number of carbonyl (C=O) groups excluding carboxylic acids is 1. The summed E-state index contributed by atoms with van der Waals surface area (Å²) in [6, 6.07) is 6.94. The highest BCUT2D eigenvalue weighted by atomic mass is 32.2. The van der Waals surface area contributed by atoms with Gasteiger partial charge in [0.1, 0.15) is 11.0 Å². The Bertz CT molecular complexity index is 581. The maximum atomic E-state index is 11.8. The van der Waals surface area contributed by atoms with Gasteiger partial charge in [-0.3, -0.25) is 4.79 Å². The molecule has 0 saturated heterocycles. The lowest BCUT2D eigenvalue weighted by Gasteiger charge is -2.12. The molecule has 6 heteroatoms. The van der Waals surface area contributed by atoms with E-state index in [4.69, 9.17) is 4.74 Å². The fourth-order valence-electron chi connectivity index (χ4n) is 1.51. The van der Waals surface area contributed by atoms with Crippen LogP contribution < -0.4 is 10.1 Å². The number of hydrogen-bond donors (Lipinski definition) is 1. The number of carbonyl (C=O) groups is 1. The van der Waals surface area contributed by atoms with Crippen LogP contribution in [0.3, 0.4) is 0 Å². The molecule has 1 aromatic carbocycles. The molecule has 1 aromatic rings. The van der Waals surface area contributed by atoms with Crippen molar-refractivity contribution >= 4 is 21.4 Å². The number of ether oxygens (including phenoxy) is 1. The van der Waals surface area contributed by atoms with Gasteiger partial charge in [0.15, 0.2) is 9.84 Å². The molecule has 0 spiro atoms. The van der Waals surface area contributed by atoms with E-state index in [9.17, 15) is 13.2 Å². The Morgan fingerprint density at radius 3 is 2.52 bits per heavy atom. The van der Waals surface area contributed by atoms with Crippen molar-refractivity contribution in [3.05, 3.63) is 24.3 Å². The third-order valence-electron chi connectivity index (χ3n) is 3.08. The Labute approximate surface area is 126 Å². The number of nitrogens with one attached hydrogen (secondary N) is 1. The number of rotatable bonds is 7. The number of benzene rings is 1. The van der Waals surface area contributed by atoms with Crippen LogP contribution >= 0.6 is 0 Å². The highest BCUT2D eigenvalue weighted by molar-refractivity contribution is 7.92. The first-order chi connectivity index (χ1) is 9.70. The molecule has 0 radical (unpaired) electrons. The molecule has 0 bridgehead atoms. The number of amides is 1. The van der Waals surface area contributed by atoms with Crippen molar-refractivity contribution in [1.82, 2.24) is 0 Å². The molecule has 0 aromatic heterocycles. The topological polar surface area (TPSA) is 72.5 Å². The Balaban J connectivity index is 2.66. The fraction of sp³-hybridized carbons (Fsp3) is 0.533. The minimum atomic E-state index is -3.40. The molecule has 0 aliphatic carbocycles. The van der Waals surface area contributed by atoms with Gasteiger partial charge in [0.25, 0.3) is 0 Å². The third kappa shape index (κ3) is 6.16. The van der Waals surface area contributed by atoms with Crippen LogP contribution in [0.2, 0.25) is 0 Å². The predicted molar refractivity (Wildman–Crippen MR) is 84.3 cm³/mol. The second-order valence-corrected chi connectivity index (χ2v) is 7.89. The van der Waals surface area contributed by atoms with Gasteiger partial charge in [0, 0.05) is 18.0 Å². The molecule has 0 fully saturated rings. The number of sulfone groups is 1. The van der Waals surface area contributed by atoms with Gasteiger partial charge < -0.3 is 10.1 Å². The number of anilines is 1. The van der Waals surface area contributed by atoms with Gasteiger partial charge in [-0.2, -0.15) is 0 Å². The molecule has 1 amide bonds. The molecule has 5 nitrogen and oxygen atoms in total. The van der Waals surface area contributed by atoms with Gasteiger partial charge in [0.05, 0.1) is 6.61 Å². The van der Waals surface area contributed by atoms with Crippen molar-refractivity contribution < 1.29 is 17.9 Å². The predicted octanol–water partition coefficient (Wildman–Crippen LogP) is 2.48. The van der Waals surface area contributed by atoms with Crippen LogP contribution in [0.15, 0.2) is 24.3 Å². The summed E-state index contributed by atoms with van der Waals surface area (Å²) in [6.45, 7) is 6.21. The summed E-state index contributed by atoms with van der Waals surface area (Å²) in [6.07, 6.45) is 1.99. The largest absolute Gasteiger partial charge is 0.494 e. The summed E-state index contributed by atoms with van der Waals surface area (Å²) in [4.78, 5) is 11.8. The van der Waals surface area contributed by atoms with Gasteiger partial charge in [-0.15, -0.1) is 0 Å². The van der Waals surface area contributed by atoms with Crippen molar-refractivity contribution in [2.24, 2.45) is 5.92 Å². The van der Waals surface area contributed by atoms with Gasteiger partial charge in [-0.25, -0.2) is 8.42 Å². The Hall–Kier alpha value is -1.56. The zero-order valence-corrected chi connectivity index (χ0v) is 13.7. The van der Waals surface area contributed by atoms with Gasteiger partial charge in [0.2, 0.25) is 5.91 Å². The van der Waals surface area contributed by atoms with E-state index >= 15 is 0 Å². The maximum absolute atomic E-state index is 11.8. The van der Waals surface area contributed by atoms with Crippen LogP contribution in [-0.4, -0.2) is 32.4 Å². The second kappa shape index (κ2) is 7.45. The lowest BCUT2D eigenvalue weighted by atomic mass is 10.1. The molecule has 0 saturated carbocycles. The van der Waals surface area contributed by atoms with Crippen molar-refractivity contribution in [3.63, 3.8) is 0 Å². The Kier molecular flexibility index (Phi) is 6.20. The summed E-state index contributed by atoms with van der Waals surface area (Å²) >= 11 is 0. The summed E-state index contributed by atoms with van der Waals surface area (Å²) in [7, 11) is -3.40. The first-order valence-corrected chi connectivity index (χ1v) is 8.88. The molecule has 1 atom stereocenters. The zero-order chi connectivity index (χ0) is 16.0. The van der Waals surface area contributed by atoms with E-state index in [-0.39, 0.29) is 0 Å². The summed E-state index contributed by atoms with van der Waals surface area (Å²) < 4.78 is 28.3. The van der Waals surface area contributed by atoms with Crippen molar-refractivity contribution in [1.29, 1.82) is 0 Å². The summed E-state index contributed by atoms with van der Waals surface area (Å²) in [5.41, 5.74) is 0.526. The van der Waals surface area contributed by atoms with Gasteiger partial charge in [-0.1, -0.05) is 19.9 Å². The molecule has 0 heterocycles. The second-order valence-electron chi connectivity index (χ2n) is 5.52. The van der Waals surface area contributed by atoms with Gasteiger partial charge >= 0.3 is 0 Å². The van der Waals surface area contributed by atoms with Crippen LogP contribution in [0.4, 0.5) is 5.69 Å². The average molecular weight is 313 g/mol. The molecule has 0 aliphatic heterocycles. The minimum Gasteiger partial charge on any atom is -0.494 e. The highest BCUT2D eigenvalue weighted by Gasteiger charge is 2.23. The molecule has 0 aliphatic rings. The van der Waals surface area contributed by atoms with E-state index in [1.165, 1.54) is 6.92 Å². The quantitative estimate of drug-likeness (QED) is 0.839. The van der Waals surface area contributed by atoms with Crippen LogP contribution in [0, 0.1) is 5.92 Å². The van der Waals surface area contributed by atoms with E-state index in [2.05, 4.69) is 19.2 Å². The van der Waals surface area contributed by atoms with Gasteiger partial charge in [-0.05, 0) is 31.4 Å². The normalized spacial score (nSPS) is 13.0. The van der Waals surface area contributed by atoms with Crippen LogP contribution in [0.1, 0.15) is 27.2 Å². The minimum absolute atomic E-state index is 0.526. The SMILES string of the molecule is CC(C)CCOc1cccc(NC(=O)[C@@H](C)S(C)(=O)=O)c1. The fourth-order valence-corrected chi connectivity index (χ4v) is 1.96. The lowest BCUT2D eigenvalue weighted by molar-refractivity contribution is -0.115. The van der Waals surface area contributed by atoms with E-state index in [1.54, 1.807) is 24.3 Å². The lowest BCUT2D eigenvalue weighted by Crippen LogP contribution is -2.31. The van der Waals surface area contributed by atoms with Crippen LogP contribution in [0.5, 0.6) is 5.75 Å². The van der Waals surface area contributed by atoms with Crippen LogP contribution in [0.25, 0.3) is 0 Å². The molecule has 1 rings (SSSR count). The van der Waals surface area contributed by atoms with Crippen molar-refractivity contribution in [2.45, 2.75) is 32.4 Å². The van der Waals surface area contributed by atoms with Crippen molar-refractivity contribution in [2.75, 3.05) is 18.2 Å². The molecular weight excluding hydrogens is 290 g/mol. The van der Waals surface area contributed by atoms with E-state index in [1.807, 2.05) is 0 Å². The van der Waals surface area contributed by atoms with Crippen molar-refractivity contribution in [3.8, 4) is 5.75 Å². The van der Waals surface area contributed by atoms with E-state index in [0.717, 1.165) is 12.7 Å². The summed E-state index contributed by atoms with van der Waals surface area (Å²) in [5, 5.41) is 1.51. The van der Waals surface area contributed by atoms with Crippen LogP contribution in [-0.2, 0) is 14.6 Å². The van der Waals surface area contributed by atoms with E-state index in [0.29, 0.717) is 24.0 Å². The molecule has 0 unspecified atom stereocenters. The molecule has 118 valence electrons. The highest BCUT2D eigenvalue weighted by Crippen LogP contribution is 2.18. The monoisotopic (exact) mass is 313 g/mol. The Morgan fingerprint density at radius 2 is 1.95 bits per heavy atom.